The molecule has 172 valence electrons. The minimum Gasteiger partial charge on any atom is -0.837 e. The maximum Gasteiger partial charge on any atom is 0.300 e. The van der Waals surface area contributed by atoms with E-state index in [1.165, 1.54) is 0 Å². The molecule has 0 amide bonds. The molecule has 1 saturated carbocycles. The van der Waals surface area contributed by atoms with Crippen LogP contribution in [0.5, 0.6) is 0 Å². The molecule has 6 nitrogen and oxygen atoms in total. The van der Waals surface area contributed by atoms with E-state index in [1.54, 1.807) is 24.5 Å². The molecule has 1 aliphatic carbocycles. The zero-order valence-corrected chi connectivity index (χ0v) is 19.1. The van der Waals surface area contributed by atoms with Crippen LogP contribution in [0.2, 0.25) is 0 Å². The molecule has 1 aromatic carbocycles. The Morgan fingerprint density at radius 2 is 1.81 bits per heavy atom. The average Bonchev–Trinajstić information content (AvgIpc) is 3.35. The van der Waals surface area contributed by atoms with Crippen LogP contribution >= 0.6 is 0 Å². The fraction of sp³-hybridized carbons (Fsp3) is 0.577. The minimum atomic E-state index is -1.80. The van der Waals surface area contributed by atoms with Crippen LogP contribution in [0, 0.1) is 5.92 Å². The van der Waals surface area contributed by atoms with E-state index in [9.17, 15) is 9.90 Å². The summed E-state index contributed by atoms with van der Waals surface area (Å²) in [6.45, 7) is 2.81. The van der Waals surface area contributed by atoms with E-state index in [0.29, 0.717) is 5.56 Å². The predicted octanol–water partition coefficient (Wildman–Crippen LogP) is 3.01. The third-order valence-corrected chi connectivity index (χ3v) is 7.30. The van der Waals surface area contributed by atoms with Crippen LogP contribution in [-0.2, 0) is 21.6 Å². The average molecular weight is 438 g/mol. The lowest BCUT2D eigenvalue weighted by atomic mass is 9.80. The summed E-state index contributed by atoms with van der Waals surface area (Å²) in [7, 11) is 2.23. The second kappa shape index (κ2) is 10.1. The van der Waals surface area contributed by atoms with Gasteiger partial charge >= 0.3 is 5.97 Å². The van der Waals surface area contributed by atoms with Crippen LogP contribution in [-0.4, -0.2) is 53.2 Å². The molecule has 2 aliphatic rings. The Morgan fingerprint density at radius 1 is 1.09 bits per heavy atom. The normalized spacial score (nSPS) is 25.9. The number of esters is 1. The smallest absolute Gasteiger partial charge is 0.300 e. The number of hydrogen-bond donors (Lipinski definition) is 0. The molecule has 1 aliphatic heterocycles. The molecule has 2 aromatic rings. The van der Waals surface area contributed by atoms with Crippen molar-refractivity contribution in [2.75, 3.05) is 26.7 Å². The van der Waals surface area contributed by atoms with E-state index >= 15 is 0 Å². The molecule has 1 saturated heterocycles. The Kier molecular flexibility index (Phi) is 7.21. The zero-order valence-electron chi connectivity index (χ0n) is 19.1. The van der Waals surface area contributed by atoms with Gasteiger partial charge in [0.1, 0.15) is 12.4 Å². The van der Waals surface area contributed by atoms with Gasteiger partial charge < -0.3 is 14.3 Å². The second-order valence-electron chi connectivity index (χ2n) is 9.77. The van der Waals surface area contributed by atoms with Crippen molar-refractivity contribution in [2.45, 2.75) is 63.1 Å². The summed E-state index contributed by atoms with van der Waals surface area (Å²) in [5.41, 5.74) is -1.25. The van der Waals surface area contributed by atoms with Gasteiger partial charge in [0.15, 0.2) is 6.10 Å². The Morgan fingerprint density at radius 3 is 2.53 bits per heavy atom. The van der Waals surface area contributed by atoms with Crippen molar-refractivity contribution in [1.82, 2.24) is 9.97 Å². The van der Waals surface area contributed by atoms with Crippen molar-refractivity contribution < 1.29 is 19.1 Å². The monoisotopic (exact) mass is 437 g/mol. The van der Waals surface area contributed by atoms with Gasteiger partial charge in [-0.25, -0.2) is 9.97 Å². The van der Waals surface area contributed by atoms with E-state index in [2.05, 4.69) is 17.0 Å². The topological polar surface area (TPSA) is 75.1 Å². The molecular formula is C26H35N3O3. The van der Waals surface area contributed by atoms with Crippen LogP contribution in [0.25, 0.3) is 0 Å². The summed E-state index contributed by atoms with van der Waals surface area (Å²) >= 11 is 0. The lowest BCUT2D eigenvalue weighted by Crippen LogP contribution is -2.58. The minimum absolute atomic E-state index is 0.187. The van der Waals surface area contributed by atoms with Crippen LogP contribution in [0.15, 0.2) is 48.8 Å². The molecule has 2 heterocycles. The third-order valence-electron chi connectivity index (χ3n) is 7.30. The van der Waals surface area contributed by atoms with E-state index in [-0.39, 0.29) is 12.0 Å². The van der Waals surface area contributed by atoms with Crippen LogP contribution < -0.4 is 5.11 Å². The molecule has 4 rings (SSSR count). The number of piperidine rings is 1. The van der Waals surface area contributed by atoms with E-state index < -0.39 is 11.6 Å². The number of carbonyl (C=O) groups excluding carboxylic acids is 1. The number of ether oxygens (including phenoxy) is 1. The number of nitrogens with zero attached hydrogens (tertiary/aromatic N) is 3. The van der Waals surface area contributed by atoms with Gasteiger partial charge in [-0.2, -0.15) is 0 Å². The number of carbonyl (C=O) groups is 1. The molecular weight excluding hydrogens is 402 g/mol. The molecule has 0 N–H and O–H groups in total. The number of likely N-dealkylation sites (N-methyl/N-ethyl adjacent to an activating group) is 1. The number of aromatic nitrogens is 2. The van der Waals surface area contributed by atoms with Gasteiger partial charge in [0.2, 0.25) is 0 Å². The van der Waals surface area contributed by atoms with E-state index in [4.69, 9.17) is 4.74 Å². The fourth-order valence-electron chi connectivity index (χ4n) is 5.53. The summed E-state index contributed by atoms with van der Waals surface area (Å²) in [5.74, 6) is 0.106. The molecule has 2 unspecified atom stereocenters. The Bertz CT molecular complexity index is 872. The molecule has 6 heteroatoms. The third kappa shape index (κ3) is 5.18. The Balaban J connectivity index is 1.40. The quantitative estimate of drug-likeness (QED) is 0.469. The highest BCUT2D eigenvalue weighted by Gasteiger charge is 2.42. The maximum atomic E-state index is 14.1. The molecule has 0 radical (unpaired) electrons. The first-order valence-corrected chi connectivity index (χ1v) is 12.1. The number of aryl methyl sites for hydroxylation is 1. The van der Waals surface area contributed by atoms with Crippen molar-refractivity contribution >= 4 is 5.97 Å². The molecule has 2 fully saturated rings. The van der Waals surface area contributed by atoms with Crippen molar-refractivity contribution in [1.29, 1.82) is 0 Å². The molecule has 3 atom stereocenters. The first-order valence-electron chi connectivity index (χ1n) is 12.1. The van der Waals surface area contributed by atoms with Gasteiger partial charge in [0.05, 0.1) is 20.1 Å². The van der Waals surface area contributed by atoms with Gasteiger partial charge in [-0.05, 0) is 24.0 Å². The van der Waals surface area contributed by atoms with Gasteiger partial charge in [-0.1, -0.05) is 56.0 Å². The first-order chi connectivity index (χ1) is 15.5. The zero-order chi connectivity index (χ0) is 22.4. The molecule has 1 aromatic heterocycles. The summed E-state index contributed by atoms with van der Waals surface area (Å²) in [6.07, 6.45) is 10.6. The number of rotatable bonds is 8. The highest BCUT2D eigenvalue weighted by molar-refractivity contribution is 5.81. The summed E-state index contributed by atoms with van der Waals surface area (Å²) in [4.78, 5) is 22.0. The Labute approximate surface area is 191 Å². The Hall–Kier alpha value is -2.31. The van der Waals surface area contributed by atoms with Crippen LogP contribution in [0.3, 0.4) is 0 Å². The standard InChI is InChI=1S/C26H35N3O3/c1-29(19-8-15-24-27-16-9-17-28-24)18-7-14-23(20-29)32-25(30)26(31,22-12-5-6-13-22)21-10-3-2-4-11-21/h2-4,9-11,16-17,22-23H,5-8,12-15,18-20H2,1H3/t23?,26?,29-/m0/s1. The van der Waals surface area contributed by atoms with E-state index in [1.807, 2.05) is 24.3 Å². The predicted molar refractivity (Wildman–Crippen MR) is 120 cm³/mol. The van der Waals surface area contributed by atoms with Gasteiger partial charge in [0.25, 0.3) is 0 Å². The number of likely N-dealkylation sites (tertiary alicyclic amines) is 1. The molecule has 0 spiro atoms. The summed E-state index contributed by atoms with van der Waals surface area (Å²) in [5, 5.41) is 14.1. The number of quaternary nitrogens is 1. The van der Waals surface area contributed by atoms with Crippen molar-refractivity contribution in [3.63, 3.8) is 0 Å². The first kappa shape index (κ1) is 22.9. The molecule has 32 heavy (non-hydrogen) atoms. The van der Waals surface area contributed by atoms with Gasteiger partial charge in [-0.15, -0.1) is 0 Å². The highest BCUT2D eigenvalue weighted by Crippen LogP contribution is 2.40. The van der Waals surface area contributed by atoms with E-state index in [0.717, 1.165) is 81.3 Å². The number of benzene rings is 1. The maximum absolute atomic E-state index is 14.1. The lowest BCUT2D eigenvalue weighted by molar-refractivity contribution is -0.917. The van der Waals surface area contributed by atoms with Crippen molar-refractivity contribution in [3.8, 4) is 0 Å². The number of hydrogen-bond acceptors (Lipinski definition) is 5. The fourth-order valence-corrected chi connectivity index (χ4v) is 5.53. The largest absolute Gasteiger partial charge is 0.837 e. The van der Waals surface area contributed by atoms with Gasteiger partial charge in [-0.3, -0.25) is 4.79 Å². The molecule has 0 bridgehead atoms. The van der Waals surface area contributed by atoms with Crippen molar-refractivity contribution in [2.24, 2.45) is 5.92 Å². The van der Waals surface area contributed by atoms with Gasteiger partial charge in [0, 0.05) is 37.3 Å². The SMILES string of the molecule is C[N@@+]1(CCCc2ncccn2)CCCC(OC(=O)C([O-])(c2ccccc2)C2CCCC2)C1. The highest BCUT2D eigenvalue weighted by atomic mass is 16.6. The van der Waals surface area contributed by atoms with Crippen molar-refractivity contribution in [3.05, 3.63) is 60.2 Å². The summed E-state index contributed by atoms with van der Waals surface area (Å²) in [6, 6.07) is 11.0. The summed E-state index contributed by atoms with van der Waals surface area (Å²) < 4.78 is 6.84. The lowest BCUT2D eigenvalue weighted by Gasteiger charge is -2.46. The van der Waals surface area contributed by atoms with Crippen LogP contribution in [0.4, 0.5) is 0 Å². The van der Waals surface area contributed by atoms with Crippen LogP contribution in [0.1, 0.15) is 56.3 Å². The second-order valence-corrected chi connectivity index (χ2v) is 9.77.